The summed E-state index contributed by atoms with van der Waals surface area (Å²) in [4.78, 5) is 9.31. The van der Waals surface area contributed by atoms with E-state index in [1.165, 1.54) is 0 Å². The van der Waals surface area contributed by atoms with Crippen molar-refractivity contribution in [2.75, 3.05) is 20.6 Å². The average molecular weight is 171 g/mol. The Morgan fingerprint density at radius 3 is 2.82 bits per heavy atom. The van der Waals surface area contributed by atoms with Gasteiger partial charge in [0.1, 0.15) is 5.82 Å². The summed E-state index contributed by atoms with van der Waals surface area (Å²) in [6, 6.07) is 0. The van der Waals surface area contributed by atoms with E-state index in [0.717, 1.165) is 23.8 Å². The largest absolute Gasteiger partial charge is 0.337 e. The van der Waals surface area contributed by atoms with Gasteiger partial charge in [-0.1, -0.05) is 0 Å². The molecule has 3 nitrogen and oxygen atoms in total. The number of thiol groups is 1. The molecule has 0 amide bonds. The van der Waals surface area contributed by atoms with Crippen molar-refractivity contribution in [3.8, 4) is 0 Å². The Hall–Kier alpha value is -0.480. The minimum absolute atomic E-state index is 0.832. The zero-order chi connectivity index (χ0) is 8.27. The number of nitrogens with zero attached hydrogens (tertiary/aromatic N) is 2. The quantitative estimate of drug-likeness (QED) is 0.659. The third-order valence-electron chi connectivity index (χ3n) is 1.41. The van der Waals surface area contributed by atoms with Crippen LogP contribution < -0.4 is 0 Å². The first-order chi connectivity index (χ1) is 5.18. The molecule has 0 unspecified atom stereocenters. The second-order valence-corrected chi connectivity index (χ2v) is 3.25. The molecular formula is C7H13N3S. The lowest BCUT2D eigenvalue weighted by molar-refractivity contribution is 0.410. The highest BCUT2D eigenvalue weighted by Gasteiger charge is 1.97. The van der Waals surface area contributed by atoms with Gasteiger partial charge in [-0.2, -0.15) is 0 Å². The number of imidazole rings is 1. The lowest BCUT2D eigenvalue weighted by atomic mass is 10.4. The van der Waals surface area contributed by atoms with Crippen LogP contribution in [-0.2, 0) is 6.42 Å². The topological polar surface area (TPSA) is 31.9 Å². The Labute approximate surface area is 72.2 Å². The average Bonchev–Trinajstić information content (AvgIpc) is 2.31. The van der Waals surface area contributed by atoms with E-state index in [1.54, 1.807) is 6.20 Å². The molecule has 0 aliphatic heterocycles. The van der Waals surface area contributed by atoms with Crippen LogP contribution in [0.4, 0.5) is 0 Å². The van der Waals surface area contributed by atoms with Gasteiger partial charge in [0.05, 0.1) is 11.2 Å². The van der Waals surface area contributed by atoms with Gasteiger partial charge < -0.3 is 9.88 Å². The lowest BCUT2D eigenvalue weighted by Gasteiger charge is -2.06. The molecule has 0 aromatic carbocycles. The molecule has 1 aromatic rings. The molecule has 0 fully saturated rings. The van der Waals surface area contributed by atoms with Gasteiger partial charge in [-0.05, 0) is 14.1 Å². The summed E-state index contributed by atoms with van der Waals surface area (Å²) in [5, 5.41) is 0.832. The third kappa shape index (κ3) is 2.95. The summed E-state index contributed by atoms with van der Waals surface area (Å²) in [5.41, 5.74) is 0. The summed E-state index contributed by atoms with van der Waals surface area (Å²) in [7, 11) is 4.09. The molecule has 0 saturated carbocycles. The van der Waals surface area contributed by atoms with Crippen molar-refractivity contribution in [2.45, 2.75) is 11.4 Å². The molecule has 1 heterocycles. The highest BCUT2D eigenvalue weighted by Crippen LogP contribution is 2.01. The maximum Gasteiger partial charge on any atom is 0.108 e. The molecule has 0 radical (unpaired) electrons. The molecule has 4 heteroatoms. The fourth-order valence-corrected chi connectivity index (χ4v) is 0.995. The van der Waals surface area contributed by atoms with Crippen LogP contribution in [0.1, 0.15) is 5.82 Å². The Bertz CT molecular complexity index is 219. The number of likely N-dealkylation sites (N-methyl/N-ethyl adjacent to an activating group) is 1. The minimum atomic E-state index is 0.832. The van der Waals surface area contributed by atoms with E-state index >= 15 is 0 Å². The van der Waals surface area contributed by atoms with Gasteiger partial charge in [-0.3, -0.25) is 0 Å². The number of hydrogen-bond donors (Lipinski definition) is 2. The van der Waals surface area contributed by atoms with Crippen LogP contribution in [0.15, 0.2) is 11.2 Å². The summed E-state index contributed by atoms with van der Waals surface area (Å²) in [6.07, 6.45) is 2.68. The summed E-state index contributed by atoms with van der Waals surface area (Å²) in [5.74, 6) is 1.00. The minimum Gasteiger partial charge on any atom is -0.337 e. The van der Waals surface area contributed by atoms with Crippen LogP contribution in [-0.4, -0.2) is 35.5 Å². The highest BCUT2D eigenvalue weighted by atomic mass is 32.1. The maximum absolute atomic E-state index is 4.13. The van der Waals surface area contributed by atoms with E-state index < -0.39 is 0 Å². The smallest absolute Gasteiger partial charge is 0.108 e. The monoisotopic (exact) mass is 171 g/mol. The molecule has 1 rings (SSSR count). The Morgan fingerprint density at radius 1 is 1.64 bits per heavy atom. The third-order valence-corrected chi connectivity index (χ3v) is 1.64. The Morgan fingerprint density at radius 2 is 2.36 bits per heavy atom. The predicted octanol–water partition coefficient (Wildman–Crippen LogP) is 0.802. The molecule has 62 valence electrons. The van der Waals surface area contributed by atoms with Crippen LogP contribution in [0.3, 0.4) is 0 Å². The molecule has 0 atom stereocenters. The zero-order valence-electron chi connectivity index (χ0n) is 6.83. The van der Waals surface area contributed by atoms with Gasteiger partial charge in [0.25, 0.3) is 0 Å². The van der Waals surface area contributed by atoms with E-state index in [-0.39, 0.29) is 0 Å². The van der Waals surface area contributed by atoms with Crippen LogP contribution in [0, 0.1) is 0 Å². The standard InChI is InChI=1S/C7H13N3S/c1-10(2)4-3-6-8-5-7(11)9-6/h5,11H,3-4H2,1-2H3,(H,8,9). The summed E-state index contributed by atoms with van der Waals surface area (Å²) >= 11 is 4.12. The first-order valence-corrected chi connectivity index (χ1v) is 4.01. The molecule has 1 aromatic heterocycles. The number of rotatable bonds is 3. The molecule has 0 bridgehead atoms. The fraction of sp³-hybridized carbons (Fsp3) is 0.571. The number of nitrogens with one attached hydrogen (secondary N) is 1. The second kappa shape index (κ2) is 3.78. The summed E-state index contributed by atoms with van der Waals surface area (Å²) in [6.45, 7) is 1.01. The van der Waals surface area contributed by atoms with Crippen molar-refractivity contribution in [3.05, 3.63) is 12.0 Å². The summed E-state index contributed by atoms with van der Waals surface area (Å²) < 4.78 is 0. The van der Waals surface area contributed by atoms with Gasteiger partial charge >= 0.3 is 0 Å². The van der Waals surface area contributed by atoms with Gasteiger partial charge in [-0.25, -0.2) is 4.98 Å². The molecule has 11 heavy (non-hydrogen) atoms. The van der Waals surface area contributed by atoms with E-state index in [9.17, 15) is 0 Å². The first-order valence-electron chi connectivity index (χ1n) is 3.56. The molecule has 0 aliphatic carbocycles. The molecule has 0 aliphatic rings. The predicted molar refractivity (Wildman–Crippen MR) is 48.1 cm³/mol. The van der Waals surface area contributed by atoms with Crippen molar-refractivity contribution >= 4 is 12.6 Å². The van der Waals surface area contributed by atoms with Crippen LogP contribution >= 0.6 is 12.6 Å². The molecule has 0 saturated heterocycles. The molecule has 1 N–H and O–H groups in total. The van der Waals surface area contributed by atoms with Crippen molar-refractivity contribution in [1.29, 1.82) is 0 Å². The van der Waals surface area contributed by atoms with Crippen LogP contribution in [0.25, 0.3) is 0 Å². The van der Waals surface area contributed by atoms with E-state index in [1.807, 2.05) is 14.1 Å². The Balaban J connectivity index is 2.39. The molecular weight excluding hydrogens is 158 g/mol. The van der Waals surface area contributed by atoms with E-state index in [0.29, 0.717) is 0 Å². The van der Waals surface area contributed by atoms with Gasteiger partial charge in [-0.15, -0.1) is 12.6 Å². The van der Waals surface area contributed by atoms with Crippen LogP contribution in [0.2, 0.25) is 0 Å². The fourth-order valence-electron chi connectivity index (χ4n) is 0.808. The lowest BCUT2D eigenvalue weighted by Crippen LogP contribution is -2.15. The van der Waals surface area contributed by atoms with E-state index in [4.69, 9.17) is 0 Å². The molecule has 0 spiro atoms. The van der Waals surface area contributed by atoms with Crippen molar-refractivity contribution < 1.29 is 0 Å². The van der Waals surface area contributed by atoms with Gasteiger partial charge in [0, 0.05) is 13.0 Å². The zero-order valence-corrected chi connectivity index (χ0v) is 7.73. The highest BCUT2D eigenvalue weighted by molar-refractivity contribution is 7.80. The normalized spacial score (nSPS) is 10.9. The van der Waals surface area contributed by atoms with Crippen molar-refractivity contribution in [2.24, 2.45) is 0 Å². The second-order valence-electron chi connectivity index (χ2n) is 2.77. The number of aromatic amines is 1. The number of H-pyrrole nitrogens is 1. The Kier molecular flexibility index (Phi) is 2.96. The van der Waals surface area contributed by atoms with Crippen LogP contribution in [0.5, 0.6) is 0 Å². The maximum atomic E-state index is 4.13. The van der Waals surface area contributed by atoms with Crippen molar-refractivity contribution in [1.82, 2.24) is 14.9 Å². The first kappa shape index (κ1) is 8.62. The van der Waals surface area contributed by atoms with Crippen molar-refractivity contribution in [3.63, 3.8) is 0 Å². The van der Waals surface area contributed by atoms with Gasteiger partial charge in [0.2, 0.25) is 0 Å². The van der Waals surface area contributed by atoms with Gasteiger partial charge in [0.15, 0.2) is 0 Å². The number of hydrogen-bond acceptors (Lipinski definition) is 3. The van der Waals surface area contributed by atoms with E-state index in [2.05, 4.69) is 27.5 Å². The number of aromatic nitrogens is 2. The SMILES string of the molecule is CN(C)CCc1ncc(S)[nH]1.